The molecular formula is C22H25NO5. The van der Waals surface area contributed by atoms with E-state index in [-0.39, 0.29) is 18.3 Å². The molecule has 2 aromatic rings. The number of amides is 1. The quantitative estimate of drug-likeness (QED) is 0.532. The molecule has 0 radical (unpaired) electrons. The van der Waals surface area contributed by atoms with Crippen molar-refractivity contribution in [2.75, 3.05) is 13.7 Å². The van der Waals surface area contributed by atoms with E-state index in [4.69, 9.17) is 9.47 Å². The van der Waals surface area contributed by atoms with Crippen LogP contribution in [0.3, 0.4) is 0 Å². The summed E-state index contributed by atoms with van der Waals surface area (Å²) in [6.45, 7) is 3.56. The van der Waals surface area contributed by atoms with Crippen LogP contribution in [0, 0.1) is 5.92 Å². The van der Waals surface area contributed by atoms with Gasteiger partial charge in [-0.15, -0.1) is 0 Å². The van der Waals surface area contributed by atoms with Gasteiger partial charge in [0.15, 0.2) is 12.4 Å². The lowest BCUT2D eigenvalue weighted by atomic mass is 9.99. The highest BCUT2D eigenvalue weighted by atomic mass is 16.5. The normalized spacial score (nSPS) is 12.5. The van der Waals surface area contributed by atoms with Gasteiger partial charge in [0.25, 0.3) is 5.91 Å². The van der Waals surface area contributed by atoms with Gasteiger partial charge in [0.05, 0.1) is 7.11 Å². The van der Waals surface area contributed by atoms with Crippen LogP contribution in [0.25, 0.3) is 0 Å². The second kappa shape index (κ2) is 10.3. The van der Waals surface area contributed by atoms with Gasteiger partial charge in [0.1, 0.15) is 11.8 Å². The predicted octanol–water partition coefficient (Wildman–Crippen LogP) is 3.00. The zero-order chi connectivity index (χ0) is 20.5. The Labute approximate surface area is 164 Å². The number of carbonyl (C=O) groups is 3. The number of nitrogens with one attached hydrogen (secondary N) is 1. The zero-order valence-electron chi connectivity index (χ0n) is 16.3. The zero-order valence-corrected chi connectivity index (χ0v) is 16.3. The van der Waals surface area contributed by atoms with Crippen molar-refractivity contribution < 1.29 is 23.9 Å². The number of ketones is 1. The van der Waals surface area contributed by atoms with Gasteiger partial charge in [-0.05, 0) is 30.2 Å². The van der Waals surface area contributed by atoms with E-state index in [0.29, 0.717) is 16.9 Å². The Balaban J connectivity index is 1.92. The molecule has 0 saturated carbocycles. The van der Waals surface area contributed by atoms with Crippen LogP contribution in [-0.2, 0) is 14.3 Å². The summed E-state index contributed by atoms with van der Waals surface area (Å²) in [5.74, 6) is -0.580. The molecule has 0 aliphatic carbocycles. The van der Waals surface area contributed by atoms with Crippen molar-refractivity contribution in [3.63, 3.8) is 0 Å². The van der Waals surface area contributed by atoms with Gasteiger partial charge in [-0.25, -0.2) is 4.79 Å². The fourth-order valence-electron chi connectivity index (χ4n) is 2.62. The number of benzene rings is 2. The number of hydrogen-bond acceptors (Lipinski definition) is 5. The minimum absolute atomic E-state index is 0.0558. The van der Waals surface area contributed by atoms with Gasteiger partial charge in [-0.2, -0.15) is 0 Å². The molecule has 28 heavy (non-hydrogen) atoms. The molecule has 0 fully saturated rings. The number of rotatable bonds is 9. The van der Waals surface area contributed by atoms with E-state index in [1.165, 1.54) is 7.11 Å². The van der Waals surface area contributed by atoms with Gasteiger partial charge in [-0.1, -0.05) is 50.6 Å². The van der Waals surface area contributed by atoms with Crippen LogP contribution in [0.15, 0.2) is 54.6 Å². The third kappa shape index (κ3) is 5.67. The van der Waals surface area contributed by atoms with Crippen LogP contribution in [0.4, 0.5) is 0 Å². The molecule has 0 unspecified atom stereocenters. The molecule has 0 heterocycles. The molecule has 0 aromatic heterocycles. The lowest BCUT2D eigenvalue weighted by Gasteiger charge is -2.21. The highest BCUT2D eigenvalue weighted by molar-refractivity contribution is 6.09. The summed E-state index contributed by atoms with van der Waals surface area (Å²) in [4.78, 5) is 36.3. The first-order valence-corrected chi connectivity index (χ1v) is 9.16. The summed E-state index contributed by atoms with van der Waals surface area (Å²) in [5, 5.41) is 2.65. The van der Waals surface area contributed by atoms with Crippen molar-refractivity contribution in [1.29, 1.82) is 0 Å². The van der Waals surface area contributed by atoms with Crippen molar-refractivity contribution in [1.82, 2.24) is 5.32 Å². The molecule has 148 valence electrons. The average molecular weight is 383 g/mol. The van der Waals surface area contributed by atoms with Gasteiger partial charge >= 0.3 is 5.97 Å². The molecular weight excluding hydrogens is 358 g/mol. The second-order valence-corrected chi connectivity index (χ2v) is 6.46. The van der Waals surface area contributed by atoms with E-state index in [2.05, 4.69) is 5.32 Å². The fourth-order valence-corrected chi connectivity index (χ4v) is 2.62. The van der Waals surface area contributed by atoms with Crippen LogP contribution in [0.5, 0.6) is 5.75 Å². The lowest BCUT2D eigenvalue weighted by molar-refractivity contribution is -0.146. The van der Waals surface area contributed by atoms with Gasteiger partial charge in [-0.3, -0.25) is 9.59 Å². The van der Waals surface area contributed by atoms with Crippen LogP contribution < -0.4 is 10.1 Å². The number of methoxy groups -OCH3 is 1. The Morgan fingerprint density at radius 1 is 0.964 bits per heavy atom. The van der Waals surface area contributed by atoms with Gasteiger partial charge in [0, 0.05) is 11.1 Å². The number of esters is 1. The average Bonchev–Trinajstić information content (AvgIpc) is 2.75. The summed E-state index contributed by atoms with van der Waals surface area (Å²) in [6, 6.07) is 14.8. The Morgan fingerprint density at radius 2 is 1.57 bits per heavy atom. The maximum Gasteiger partial charge on any atom is 0.328 e. The molecule has 6 nitrogen and oxygen atoms in total. The molecule has 0 aliphatic heterocycles. The van der Waals surface area contributed by atoms with E-state index in [9.17, 15) is 14.4 Å². The molecule has 0 bridgehead atoms. The Morgan fingerprint density at radius 3 is 2.14 bits per heavy atom. The third-order valence-corrected chi connectivity index (χ3v) is 4.51. The van der Waals surface area contributed by atoms with E-state index in [1.54, 1.807) is 36.4 Å². The molecule has 0 aliphatic rings. The topological polar surface area (TPSA) is 81.7 Å². The number of carbonyl (C=O) groups excluding carboxylic acids is 3. The van der Waals surface area contributed by atoms with Crippen LogP contribution in [-0.4, -0.2) is 37.4 Å². The lowest BCUT2D eigenvalue weighted by Crippen LogP contribution is -2.47. The predicted molar refractivity (Wildman–Crippen MR) is 105 cm³/mol. The van der Waals surface area contributed by atoms with Crippen molar-refractivity contribution in [3.8, 4) is 5.75 Å². The SMILES string of the molecule is CC[C@H](C)[C@@H](NC(=O)COc1ccc(C(=O)c2ccccc2)cc1)C(=O)OC. The van der Waals surface area contributed by atoms with Crippen molar-refractivity contribution in [2.24, 2.45) is 5.92 Å². The van der Waals surface area contributed by atoms with Crippen LogP contribution >= 0.6 is 0 Å². The molecule has 1 N–H and O–H groups in total. The van der Waals surface area contributed by atoms with Crippen molar-refractivity contribution in [2.45, 2.75) is 26.3 Å². The Kier molecular flexibility index (Phi) is 7.75. The highest BCUT2D eigenvalue weighted by Gasteiger charge is 2.26. The maximum absolute atomic E-state index is 12.4. The summed E-state index contributed by atoms with van der Waals surface area (Å²) < 4.78 is 10.2. The molecule has 2 rings (SSSR count). The largest absolute Gasteiger partial charge is 0.484 e. The third-order valence-electron chi connectivity index (χ3n) is 4.51. The van der Waals surface area contributed by atoms with E-state index < -0.39 is 17.9 Å². The first-order valence-electron chi connectivity index (χ1n) is 9.16. The molecule has 6 heteroatoms. The number of ether oxygens (including phenoxy) is 2. The molecule has 0 spiro atoms. The fraction of sp³-hybridized carbons (Fsp3) is 0.318. The Bertz CT molecular complexity index is 801. The molecule has 1 amide bonds. The van der Waals surface area contributed by atoms with Crippen LogP contribution in [0.2, 0.25) is 0 Å². The maximum atomic E-state index is 12.4. The second-order valence-electron chi connectivity index (χ2n) is 6.46. The summed E-state index contributed by atoms with van der Waals surface area (Å²) in [5.41, 5.74) is 1.14. The minimum Gasteiger partial charge on any atom is -0.484 e. The van der Waals surface area contributed by atoms with Crippen molar-refractivity contribution in [3.05, 3.63) is 65.7 Å². The van der Waals surface area contributed by atoms with Crippen molar-refractivity contribution >= 4 is 17.7 Å². The molecule has 2 aromatic carbocycles. The minimum atomic E-state index is -0.711. The van der Waals surface area contributed by atoms with E-state index in [0.717, 1.165) is 6.42 Å². The molecule has 0 saturated heterocycles. The van der Waals surface area contributed by atoms with E-state index >= 15 is 0 Å². The highest BCUT2D eigenvalue weighted by Crippen LogP contribution is 2.16. The summed E-state index contributed by atoms with van der Waals surface area (Å²) in [6.07, 6.45) is 0.720. The van der Waals surface area contributed by atoms with Crippen LogP contribution in [0.1, 0.15) is 36.2 Å². The summed E-state index contributed by atoms with van der Waals surface area (Å²) >= 11 is 0. The first kappa shape index (κ1) is 21.2. The molecule has 2 atom stereocenters. The number of hydrogen-bond donors (Lipinski definition) is 1. The summed E-state index contributed by atoms with van der Waals surface area (Å²) in [7, 11) is 1.29. The van der Waals surface area contributed by atoms with Gasteiger partial charge in [0.2, 0.25) is 0 Å². The first-order chi connectivity index (χ1) is 13.5. The van der Waals surface area contributed by atoms with Gasteiger partial charge < -0.3 is 14.8 Å². The van der Waals surface area contributed by atoms with E-state index in [1.807, 2.05) is 32.0 Å². The Hall–Kier alpha value is -3.15. The standard InChI is InChI=1S/C22H25NO5/c1-4-15(2)20(22(26)27-3)23-19(24)14-28-18-12-10-17(11-13-18)21(25)16-8-6-5-7-9-16/h5-13,15,20H,4,14H2,1-3H3,(H,23,24)/t15-,20+/m0/s1. The monoisotopic (exact) mass is 383 g/mol. The smallest absolute Gasteiger partial charge is 0.328 e.